The number of nitrogens with zero attached hydrogens (tertiary/aromatic N) is 6. The van der Waals surface area contributed by atoms with Gasteiger partial charge >= 0.3 is 11.8 Å². The third-order valence-electron chi connectivity index (χ3n) is 4.82. The zero-order valence-corrected chi connectivity index (χ0v) is 14.7. The fourth-order valence-corrected chi connectivity index (χ4v) is 3.25. The lowest BCUT2D eigenvalue weighted by atomic mass is 10.2. The standard InChI is InChI=1S/C17H20F3N6/c1-3-25-11-26-14-5-4-12(17(18,19)20)10-13(14)21-15(16(26)22-25)24-8-6-23(2)7-9-24/h4-5,10-11H,3,6-9H2,1-2H3/q+1. The van der Waals surface area contributed by atoms with Crippen molar-refractivity contribution >= 4 is 22.5 Å². The minimum atomic E-state index is -4.39. The van der Waals surface area contributed by atoms with Gasteiger partial charge in [0.2, 0.25) is 12.1 Å². The first-order valence-electron chi connectivity index (χ1n) is 8.60. The number of aromatic nitrogens is 4. The summed E-state index contributed by atoms with van der Waals surface area (Å²) in [6.45, 7) is 5.93. The third kappa shape index (κ3) is 2.86. The molecule has 0 unspecified atom stereocenters. The summed E-state index contributed by atoms with van der Waals surface area (Å²) >= 11 is 0. The highest BCUT2D eigenvalue weighted by Gasteiger charge is 2.32. The maximum absolute atomic E-state index is 13.1. The summed E-state index contributed by atoms with van der Waals surface area (Å²) in [4.78, 5) is 8.90. The van der Waals surface area contributed by atoms with Gasteiger partial charge in [0.1, 0.15) is 17.6 Å². The Kier molecular flexibility index (Phi) is 3.98. The summed E-state index contributed by atoms with van der Waals surface area (Å²) < 4.78 is 43.0. The van der Waals surface area contributed by atoms with Gasteiger partial charge in [0.25, 0.3) is 0 Å². The smallest absolute Gasteiger partial charge is 0.348 e. The zero-order valence-electron chi connectivity index (χ0n) is 14.7. The van der Waals surface area contributed by atoms with Crippen molar-refractivity contribution in [2.45, 2.75) is 19.6 Å². The van der Waals surface area contributed by atoms with Crippen LogP contribution in [0.25, 0.3) is 16.7 Å². The number of likely N-dealkylation sites (N-methyl/N-ethyl adjacent to an activating group) is 1. The van der Waals surface area contributed by atoms with Crippen molar-refractivity contribution < 1.29 is 17.6 Å². The molecule has 0 atom stereocenters. The van der Waals surface area contributed by atoms with Gasteiger partial charge in [0.05, 0.1) is 10.7 Å². The number of piperazine rings is 1. The monoisotopic (exact) mass is 365 g/mol. The Labute approximate surface area is 148 Å². The van der Waals surface area contributed by atoms with E-state index in [-0.39, 0.29) is 0 Å². The Hall–Kier alpha value is -2.42. The Morgan fingerprint density at radius 1 is 1.15 bits per heavy atom. The number of fused-ring (bicyclic) bond motifs is 3. The van der Waals surface area contributed by atoms with E-state index in [0.717, 1.165) is 38.3 Å². The van der Waals surface area contributed by atoms with E-state index in [0.29, 0.717) is 29.0 Å². The van der Waals surface area contributed by atoms with E-state index >= 15 is 0 Å². The second-order valence-corrected chi connectivity index (χ2v) is 6.59. The molecule has 3 aromatic rings. The maximum Gasteiger partial charge on any atom is 0.416 e. The van der Waals surface area contributed by atoms with Crippen LogP contribution in [0.3, 0.4) is 0 Å². The SMILES string of the molecule is CCn1c[n+]2c(n1)c(N1CCN(C)CC1)nc1cc(C(F)(F)F)ccc12. The Balaban J connectivity index is 1.93. The molecule has 3 heterocycles. The summed E-state index contributed by atoms with van der Waals surface area (Å²) in [5.74, 6) is 0.636. The van der Waals surface area contributed by atoms with Gasteiger partial charge in [-0.3, -0.25) is 0 Å². The lowest BCUT2D eigenvalue weighted by Crippen LogP contribution is -2.45. The summed E-state index contributed by atoms with van der Waals surface area (Å²) in [7, 11) is 2.05. The van der Waals surface area contributed by atoms with E-state index in [2.05, 4.69) is 26.9 Å². The number of hydrogen-bond acceptors (Lipinski definition) is 4. The van der Waals surface area contributed by atoms with E-state index in [1.54, 1.807) is 4.68 Å². The Morgan fingerprint density at radius 2 is 1.88 bits per heavy atom. The fraction of sp³-hybridized carbons (Fsp3) is 0.471. The molecule has 0 aliphatic carbocycles. The van der Waals surface area contributed by atoms with Crippen molar-refractivity contribution in [1.82, 2.24) is 19.7 Å². The van der Waals surface area contributed by atoms with Crippen molar-refractivity contribution in [3.63, 3.8) is 0 Å². The van der Waals surface area contributed by atoms with Gasteiger partial charge in [-0.2, -0.15) is 17.6 Å². The van der Waals surface area contributed by atoms with Crippen LogP contribution in [0.15, 0.2) is 24.5 Å². The van der Waals surface area contributed by atoms with E-state index in [1.807, 2.05) is 17.7 Å². The van der Waals surface area contributed by atoms with Crippen LogP contribution in [0.5, 0.6) is 0 Å². The molecule has 2 aromatic heterocycles. The fourth-order valence-electron chi connectivity index (χ4n) is 3.25. The molecule has 0 spiro atoms. The molecule has 26 heavy (non-hydrogen) atoms. The van der Waals surface area contributed by atoms with Gasteiger partial charge in [0.15, 0.2) is 0 Å². The Bertz CT molecular complexity index is 956. The normalized spacial score (nSPS) is 16.7. The van der Waals surface area contributed by atoms with E-state index < -0.39 is 11.7 Å². The minimum absolute atomic E-state index is 0.321. The molecular formula is C17H20F3N6+. The number of aryl methyl sites for hydroxylation is 1. The van der Waals surface area contributed by atoms with Crippen LogP contribution in [0.2, 0.25) is 0 Å². The van der Waals surface area contributed by atoms with Crippen LogP contribution in [0.4, 0.5) is 19.0 Å². The number of anilines is 1. The molecule has 1 aliphatic heterocycles. The molecule has 9 heteroatoms. The van der Waals surface area contributed by atoms with Crippen molar-refractivity contribution in [2.24, 2.45) is 0 Å². The molecule has 1 fully saturated rings. The highest BCUT2D eigenvalue weighted by atomic mass is 19.4. The van der Waals surface area contributed by atoms with E-state index in [4.69, 9.17) is 0 Å². The summed E-state index contributed by atoms with van der Waals surface area (Å²) in [6, 6.07) is 3.67. The van der Waals surface area contributed by atoms with Gasteiger partial charge in [-0.05, 0) is 32.2 Å². The van der Waals surface area contributed by atoms with Gasteiger partial charge in [-0.25, -0.2) is 4.98 Å². The molecular weight excluding hydrogens is 345 g/mol. The summed E-state index contributed by atoms with van der Waals surface area (Å²) in [5, 5.41) is 4.59. The van der Waals surface area contributed by atoms with E-state index in [1.165, 1.54) is 6.07 Å². The van der Waals surface area contributed by atoms with E-state index in [9.17, 15) is 13.2 Å². The van der Waals surface area contributed by atoms with Crippen molar-refractivity contribution in [3.8, 4) is 0 Å². The summed E-state index contributed by atoms with van der Waals surface area (Å²) in [5.41, 5.74) is 0.917. The van der Waals surface area contributed by atoms with Crippen LogP contribution in [-0.2, 0) is 12.7 Å². The van der Waals surface area contributed by atoms with Crippen LogP contribution < -0.4 is 9.30 Å². The van der Waals surface area contributed by atoms with Gasteiger partial charge in [-0.15, -0.1) is 4.68 Å². The van der Waals surface area contributed by atoms with Crippen LogP contribution in [-0.4, -0.2) is 52.9 Å². The molecule has 1 aliphatic rings. The van der Waals surface area contributed by atoms with Crippen LogP contribution >= 0.6 is 0 Å². The molecule has 0 bridgehead atoms. The van der Waals surface area contributed by atoms with Crippen LogP contribution in [0, 0.1) is 0 Å². The minimum Gasteiger partial charge on any atom is -0.348 e. The second kappa shape index (κ2) is 6.08. The maximum atomic E-state index is 13.1. The number of hydrogen-bond donors (Lipinski definition) is 0. The highest BCUT2D eigenvalue weighted by Crippen LogP contribution is 2.31. The predicted molar refractivity (Wildman–Crippen MR) is 91.1 cm³/mol. The molecule has 138 valence electrons. The van der Waals surface area contributed by atoms with Gasteiger partial charge in [0, 0.05) is 26.2 Å². The first-order chi connectivity index (χ1) is 12.4. The van der Waals surface area contributed by atoms with Crippen molar-refractivity contribution in [2.75, 3.05) is 38.1 Å². The van der Waals surface area contributed by atoms with Gasteiger partial charge in [-0.1, -0.05) is 0 Å². The number of rotatable bonds is 2. The van der Waals surface area contributed by atoms with Crippen molar-refractivity contribution in [1.29, 1.82) is 0 Å². The quantitative estimate of drug-likeness (QED) is 0.651. The highest BCUT2D eigenvalue weighted by molar-refractivity contribution is 5.77. The number of alkyl halides is 3. The Morgan fingerprint density at radius 3 is 2.54 bits per heavy atom. The van der Waals surface area contributed by atoms with Crippen LogP contribution in [0.1, 0.15) is 12.5 Å². The largest absolute Gasteiger partial charge is 0.416 e. The predicted octanol–water partition coefficient (Wildman–Crippen LogP) is 1.96. The average molecular weight is 365 g/mol. The molecule has 0 amide bonds. The zero-order chi connectivity index (χ0) is 18.5. The van der Waals surface area contributed by atoms with Crippen molar-refractivity contribution in [3.05, 3.63) is 30.1 Å². The average Bonchev–Trinajstić information content (AvgIpc) is 3.05. The molecule has 4 rings (SSSR count). The number of halogens is 3. The topological polar surface area (TPSA) is 41.3 Å². The first kappa shape index (κ1) is 17.0. The third-order valence-corrected chi connectivity index (χ3v) is 4.82. The molecule has 0 radical (unpaired) electrons. The lowest BCUT2D eigenvalue weighted by molar-refractivity contribution is -0.482. The lowest BCUT2D eigenvalue weighted by Gasteiger charge is -2.32. The first-order valence-corrected chi connectivity index (χ1v) is 8.60. The second-order valence-electron chi connectivity index (χ2n) is 6.59. The summed E-state index contributed by atoms with van der Waals surface area (Å²) in [6.07, 6.45) is -2.58. The molecule has 0 saturated carbocycles. The molecule has 1 saturated heterocycles. The number of benzene rings is 1. The molecule has 6 nitrogen and oxygen atoms in total. The molecule has 0 N–H and O–H groups in total. The molecule has 1 aromatic carbocycles. The van der Waals surface area contributed by atoms with Gasteiger partial charge < -0.3 is 9.80 Å².